The topological polar surface area (TPSA) is 96.9 Å². The van der Waals surface area contributed by atoms with Crippen molar-refractivity contribution in [3.8, 4) is 0 Å². The third kappa shape index (κ3) is 4.36. The summed E-state index contributed by atoms with van der Waals surface area (Å²) < 4.78 is 0. The van der Waals surface area contributed by atoms with Gasteiger partial charge in [0.15, 0.2) is 0 Å². The summed E-state index contributed by atoms with van der Waals surface area (Å²) in [5, 5.41) is 14.3. The van der Waals surface area contributed by atoms with Gasteiger partial charge in [0, 0.05) is 31.0 Å². The summed E-state index contributed by atoms with van der Waals surface area (Å²) in [4.78, 5) is 28.1. The number of rotatable bonds is 6. The van der Waals surface area contributed by atoms with Crippen molar-refractivity contribution in [2.75, 3.05) is 5.32 Å². The Hall–Kier alpha value is -2.87. The number of benzene rings is 1. The highest BCUT2D eigenvalue weighted by Gasteiger charge is 2.10. The third-order valence-corrected chi connectivity index (χ3v) is 4.33. The summed E-state index contributed by atoms with van der Waals surface area (Å²) in [6.07, 6.45) is 1.97. The van der Waals surface area contributed by atoms with Crippen molar-refractivity contribution in [2.24, 2.45) is 0 Å². The Morgan fingerprint density at radius 1 is 1.16 bits per heavy atom. The van der Waals surface area contributed by atoms with Gasteiger partial charge in [-0.25, -0.2) is 0 Å². The van der Waals surface area contributed by atoms with Gasteiger partial charge in [-0.05, 0) is 24.1 Å². The first-order chi connectivity index (χ1) is 12.1. The average molecular weight is 355 g/mol. The highest BCUT2D eigenvalue weighted by Crippen LogP contribution is 2.20. The van der Waals surface area contributed by atoms with Gasteiger partial charge in [-0.3, -0.25) is 14.6 Å². The first kappa shape index (κ1) is 17.0. The third-order valence-electron chi connectivity index (χ3n) is 3.72. The van der Waals surface area contributed by atoms with Gasteiger partial charge in [0.2, 0.25) is 16.9 Å². The fourth-order valence-corrected chi connectivity index (χ4v) is 2.91. The molecule has 0 spiro atoms. The number of nitrogens with one attached hydrogen (secondary N) is 2. The van der Waals surface area contributed by atoms with Crippen LogP contribution in [0.3, 0.4) is 0 Å². The van der Waals surface area contributed by atoms with Crippen molar-refractivity contribution in [3.05, 3.63) is 47.1 Å². The maximum absolute atomic E-state index is 12.0. The molecule has 0 saturated carbocycles. The fraction of sp³-hybridized carbons (Fsp3) is 0.235. The van der Waals surface area contributed by atoms with Gasteiger partial charge in [-0.2, -0.15) is 0 Å². The van der Waals surface area contributed by atoms with E-state index in [1.54, 1.807) is 6.20 Å². The average Bonchev–Trinajstić information content (AvgIpc) is 3.12. The van der Waals surface area contributed by atoms with Gasteiger partial charge >= 0.3 is 0 Å². The number of pyridine rings is 1. The van der Waals surface area contributed by atoms with E-state index in [1.807, 2.05) is 31.2 Å². The Labute approximate surface area is 148 Å². The highest BCUT2D eigenvalue weighted by molar-refractivity contribution is 7.13. The van der Waals surface area contributed by atoms with E-state index >= 15 is 0 Å². The van der Waals surface area contributed by atoms with Gasteiger partial charge in [0.05, 0.1) is 5.52 Å². The molecule has 2 aromatic heterocycles. The Morgan fingerprint density at radius 3 is 2.80 bits per heavy atom. The minimum atomic E-state index is -0.253. The first-order valence-electron chi connectivity index (χ1n) is 7.79. The molecule has 1 aromatic carbocycles. The Bertz CT molecular complexity index is 895. The van der Waals surface area contributed by atoms with Gasteiger partial charge < -0.3 is 10.6 Å². The summed E-state index contributed by atoms with van der Waals surface area (Å²) in [6, 6.07) is 7.85. The lowest BCUT2D eigenvalue weighted by Crippen LogP contribution is -2.24. The molecule has 0 aliphatic heterocycles. The molecule has 0 aliphatic rings. The van der Waals surface area contributed by atoms with E-state index in [0.29, 0.717) is 11.7 Å². The van der Waals surface area contributed by atoms with Crippen LogP contribution in [0.4, 0.5) is 5.13 Å². The summed E-state index contributed by atoms with van der Waals surface area (Å²) in [7, 11) is 0. The molecule has 128 valence electrons. The smallest absolute Gasteiger partial charge is 0.226 e. The second kappa shape index (κ2) is 7.80. The number of carbonyl (C=O) groups is 2. The molecule has 0 bridgehead atoms. The molecule has 0 aliphatic carbocycles. The largest absolute Gasteiger partial charge is 0.352 e. The second-order valence-electron chi connectivity index (χ2n) is 5.51. The van der Waals surface area contributed by atoms with Gasteiger partial charge in [-0.1, -0.05) is 29.5 Å². The van der Waals surface area contributed by atoms with Crippen LogP contribution in [0.1, 0.15) is 24.0 Å². The van der Waals surface area contributed by atoms with Crippen molar-refractivity contribution in [1.82, 2.24) is 20.5 Å². The van der Waals surface area contributed by atoms with Crippen LogP contribution < -0.4 is 10.6 Å². The van der Waals surface area contributed by atoms with Gasteiger partial charge in [0.25, 0.3) is 0 Å². The van der Waals surface area contributed by atoms with E-state index in [-0.39, 0.29) is 24.7 Å². The summed E-state index contributed by atoms with van der Waals surface area (Å²) >= 11 is 1.23. The predicted molar refractivity (Wildman–Crippen MR) is 96.1 cm³/mol. The molecule has 3 aromatic rings. The van der Waals surface area contributed by atoms with Crippen molar-refractivity contribution in [1.29, 1.82) is 0 Å². The number of anilines is 1. The van der Waals surface area contributed by atoms with Crippen LogP contribution in [0.15, 0.2) is 36.0 Å². The molecule has 0 radical (unpaired) electrons. The lowest BCUT2D eigenvalue weighted by molar-refractivity contribution is -0.124. The quantitative estimate of drug-likeness (QED) is 0.708. The summed E-state index contributed by atoms with van der Waals surface area (Å²) in [5.74, 6) is -0.429. The standard InChI is InChI=1S/C17H17N5O2S/c1-11-4-5-12(13-3-2-8-18-16(11)13)9-19-14(23)6-7-15(24)21-17-22-20-10-25-17/h2-5,8,10H,6-7,9H2,1H3,(H,19,23)(H,21,22,24). The van der Waals surface area contributed by atoms with E-state index in [0.717, 1.165) is 22.0 Å². The Balaban J connectivity index is 1.53. The van der Waals surface area contributed by atoms with Crippen LogP contribution in [0, 0.1) is 6.92 Å². The van der Waals surface area contributed by atoms with Crippen molar-refractivity contribution < 1.29 is 9.59 Å². The number of aryl methyl sites for hydroxylation is 1. The highest BCUT2D eigenvalue weighted by atomic mass is 32.1. The van der Waals surface area contributed by atoms with Crippen LogP contribution in [0.5, 0.6) is 0 Å². The Morgan fingerprint density at radius 2 is 2.00 bits per heavy atom. The molecule has 7 nitrogen and oxygen atoms in total. The lowest BCUT2D eigenvalue weighted by atomic mass is 10.0. The minimum absolute atomic E-state index is 0.0988. The van der Waals surface area contributed by atoms with Crippen molar-refractivity contribution in [2.45, 2.75) is 26.3 Å². The molecular weight excluding hydrogens is 338 g/mol. The normalized spacial score (nSPS) is 10.6. The van der Waals surface area contributed by atoms with E-state index in [9.17, 15) is 9.59 Å². The van der Waals surface area contributed by atoms with Crippen LogP contribution in [-0.4, -0.2) is 27.0 Å². The van der Waals surface area contributed by atoms with Crippen LogP contribution in [0.2, 0.25) is 0 Å². The molecular formula is C17H17N5O2S. The summed E-state index contributed by atoms with van der Waals surface area (Å²) in [5.41, 5.74) is 4.56. The van der Waals surface area contributed by atoms with Crippen molar-refractivity contribution in [3.63, 3.8) is 0 Å². The SMILES string of the molecule is Cc1ccc(CNC(=O)CCC(=O)Nc2nncs2)c2cccnc12. The van der Waals surface area contributed by atoms with E-state index in [4.69, 9.17) is 0 Å². The number of hydrogen-bond acceptors (Lipinski definition) is 6. The molecule has 0 saturated heterocycles. The lowest BCUT2D eigenvalue weighted by Gasteiger charge is -2.09. The van der Waals surface area contributed by atoms with Crippen LogP contribution in [-0.2, 0) is 16.1 Å². The molecule has 0 atom stereocenters. The first-order valence-corrected chi connectivity index (χ1v) is 8.67. The molecule has 2 heterocycles. The zero-order chi connectivity index (χ0) is 17.6. The summed E-state index contributed by atoms with van der Waals surface area (Å²) in [6.45, 7) is 2.41. The van der Waals surface area contributed by atoms with Crippen LogP contribution in [0.25, 0.3) is 10.9 Å². The number of carbonyl (C=O) groups excluding carboxylic acids is 2. The van der Waals surface area contributed by atoms with E-state index in [1.165, 1.54) is 16.8 Å². The minimum Gasteiger partial charge on any atom is -0.352 e. The van der Waals surface area contributed by atoms with Crippen LogP contribution >= 0.6 is 11.3 Å². The number of hydrogen-bond donors (Lipinski definition) is 2. The molecule has 25 heavy (non-hydrogen) atoms. The monoisotopic (exact) mass is 355 g/mol. The fourth-order valence-electron chi connectivity index (χ4n) is 2.45. The number of fused-ring (bicyclic) bond motifs is 1. The molecule has 2 N–H and O–H groups in total. The zero-order valence-electron chi connectivity index (χ0n) is 13.7. The van der Waals surface area contributed by atoms with E-state index in [2.05, 4.69) is 25.8 Å². The molecule has 8 heteroatoms. The number of aromatic nitrogens is 3. The zero-order valence-corrected chi connectivity index (χ0v) is 14.5. The Kier molecular flexibility index (Phi) is 5.30. The molecule has 0 fully saturated rings. The van der Waals surface area contributed by atoms with Gasteiger partial charge in [0.1, 0.15) is 5.51 Å². The second-order valence-corrected chi connectivity index (χ2v) is 6.34. The molecule has 3 rings (SSSR count). The maximum Gasteiger partial charge on any atom is 0.226 e. The molecule has 0 unspecified atom stereocenters. The molecule has 2 amide bonds. The number of nitrogens with zero attached hydrogens (tertiary/aromatic N) is 3. The number of amides is 2. The predicted octanol–water partition coefficient (Wildman–Crippen LogP) is 2.43. The van der Waals surface area contributed by atoms with Crippen molar-refractivity contribution >= 4 is 39.2 Å². The van der Waals surface area contributed by atoms with E-state index < -0.39 is 0 Å². The van der Waals surface area contributed by atoms with Gasteiger partial charge in [-0.15, -0.1) is 10.2 Å². The maximum atomic E-state index is 12.0.